The van der Waals surface area contributed by atoms with E-state index in [0.717, 1.165) is 17.0 Å². The number of carbonyl (C=O) groups is 1. The minimum absolute atomic E-state index is 0.155. The number of ether oxygens (including phenoxy) is 1. The lowest BCUT2D eigenvalue weighted by Crippen LogP contribution is -2.12. The molecule has 1 amide bonds. The van der Waals surface area contributed by atoms with Crippen LogP contribution in [0.1, 0.15) is 22.8 Å². The van der Waals surface area contributed by atoms with Gasteiger partial charge in [0.05, 0.1) is 24.2 Å². The van der Waals surface area contributed by atoms with Crippen molar-refractivity contribution in [1.82, 2.24) is 4.98 Å². The third kappa shape index (κ3) is 4.39. The first-order valence-corrected chi connectivity index (χ1v) is 8.48. The predicted molar refractivity (Wildman–Crippen MR) is 104 cm³/mol. The van der Waals surface area contributed by atoms with Gasteiger partial charge in [0.25, 0.3) is 5.91 Å². The first-order valence-electron chi connectivity index (χ1n) is 8.48. The van der Waals surface area contributed by atoms with E-state index in [0.29, 0.717) is 23.7 Å². The number of hydrogen-bond acceptors (Lipinski definition) is 4. The van der Waals surface area contributed by atoms with Gasteiger partial charge in [-0.3, -0.25) is 4.79 Å². The van der Waals surface area contributed by atoms with Gasteiger partial charge >= 0.3 is 0 Å². The molecule has 0 saturated carbocycles. The van der Waals surface area contributed by atoms with Gasteiger partial charge in [-0.1, -0.05) is 29.8 Å². The number of hydrogen-bond donors (Lipinski definition) is 2. The van der Waals surface area contributed by atoms with Crippen LogP contribution < -0.4 is 15.4 Å². The van der Waals surface area contributed by atoms with Gasteiger partial charge < -0.3 is 15.4 Å². The maximum atomic E-state index is 12.3. The molecule has 1 heterocycles. The van der Waals surface area contributed by atoms with Crippen molar-refractivity contribution in [2.24, 2.45) is 0 Å². The van der Waals surface area contributed by atoms with Crippen molar-refractivity contribution in [2.75, 3.05) is 17.2 Å². The molecule has 0 fully saturated rings. The van der Waals surface area contributed by atoms with Crippen LogP contribution in [0.25, 0.3) is 0 Å². The maximum Gasteiger partial charge on any atom is 0.255 e. The molecule has 0 aliphatic rings. The number of aromatic nitrogens is 1. The highest BCUT2D eigenvalue weighted by molar-refractivity contribution is 6.04. The summed E-state index contributed by atoms with van der Waals surface area (Å²) in [5, 5.41) is 6.08. The van der Waals surface area contributed by atoms with Crippen molar-refractivity contribution >= 4 is 23.1 Å². The quantitative estimate of drug-likeness (QED) is 0.673. The molecule has 0 aliphatic heterocycles. The number of benzene rings is 2. The second-order valence-corrected chi connectivity index (χ2v) is 5.81. The lowest BCUT2D eigenvalue weighted by Gasteiger charge is -2.12. The largest absolute Gasteiger partial charge is 0.492 e. The van der Waals surface area contributed by atoms with Crippen molar-refractivity contribution < 1.29 is 9.53 Å². The number of nitrogens with one attached hydrogen (secondary N) is 2. The Kier molecular flexibility index (Phi) is 5.49. The molecule has 26 heavy (non-hydrogen) atoms. The number of nitrogens with zero attached hydrogens (tertiary/aromatic N) is 1. The van der Waals surface area contributed by atoms with Crippen LogP contribution in [0.5, 0.6) is 5.75 Å². The number of amides is 1. The number of aryl methyl sites for hydroxylation is 1. The second-order valence-electron chi connectivity index (χ2n) is 5.81. The lowest BCUT2D eigenvalue weighted by atomic mass is 10.1. The molecule has 2 aromatic carbocycles. The van der Waals surface area contributed by atoms with Crippen LogP contribution in [0.2, 0.25) is 0 Å². The Bertz CT molecular complexity index is 892. The molecule has 2 N–H and O–H groups in total. The SMILES string of the molecule is CCOc1ccccc1Nc1ccc(NC(=O)c2cccc(C)c2)cn1. The third-order valence-electron chi connectivity index (χ3n) is 3.75. The summed E-state index contributed by atoms with van der Waals surface area (Å²) >= 11 is 0. The fraction of sp³-hybridized carbons (Fsp3) is 0.143. The van der Waals surface area contributed by atoms with Gasteiger partial charge in [-0.05, 0) is 50.2 Å². The fourth-order valence-corrected chi connectivity index (χ4v) is 2.52. The molecular formula is C21H21N3O2. The van der Waals surface area contributed by atoms with Crippen molar-refractivity contribution in [3.63, 3.8) is 0 Å². The summed E-state index contributed by atoms with van der Waals surface area (Å²) in [4.78, 5) is 16.6. The van der Waals surface area contributed by atoms with Crippen molar-refractivity contribution in [1.29, 1.82) is 0 Å². The maximum absolute atomic E-state index is 12.3. The zero-order valence-corrected chi connectivity index (χ0v) is 14.8. The Labute approximate surface area is 153 Å². The van der Waals surface area contributed by atoms with Gasteiger partial charge in [-0.25, -0.2) is 4.98 Å². The summed E-state index contributed by atoms with van der Waals surface area (Å²) in [6.45, 7) is 4.50. The molecule has 5 heteroatoms. The summed E-state index contributed by atoms with van der Waals surface area (Å²) in [6, 6.07) is 18.8. The van der Waals surface area contributed by atoms with Gasteiger partial charge in [0, 0.05) is 5.56 Å². The molecule has 3 aromatic rings. The highest BCUT2D eigenvalue weighted by Crippen LogP contribution is 2.26. The smallest absolute Gasteiger partial charge is 0.255 e. The molecule has 1 aromatic heterocycles. The number of rotatable bonds is 6. The second kappa shape index (κ2) is 8.16. The van der Waals surface area contributed by atoms with Crippen LogP contribution in [0.15, 0.2) is 66.9 Å². The van der Waals surface area contributed by atoms with Crippen molar-refractivity contribution in [2.45, 2.75) is 13.8 Å². The molecule has 0 aliphatic carbocycles. The molecule has 0 radical (unpaired) electrons. The summed E-state index contributed by atoms with van der Waals surface area (Å²) in [5.74, 6) is 1.29. The predicted octanol–water partition coefficient (Wildman–Crippen LogP) is 4.78. The first-order chi connectivity index (χ1) is 12.7. The first kappa shape index (κ1) is 17.5. The van der Waals surface area contributed by atoms with Gasteiger partial charge in [0.1, 0.15) is 11.6 Å². The van der Waals surface area contributed by atoms with E-state index in [-0.39, 0.29) is 5.91 Å². The normalized spacial score (nSPS) is 10.2. The minimum Gasteiger partial charge on any atom is -0.492 e. The average molecular weight is 347 g/mol. The monoisotopic (exact) mass is 347 g/mol. The molecule has 5 nitrogen and oxygen atoms in total. The Hall–Kier alpha value is -3.34. The van der Waals surface area contributed by atoms with Crippen LogP contribution in [0.4, 0.5) is 17.2 Å². The molecule has 3 rings (SSSR count). The number of carbonyl (C=O) groups excluding carboxylic acids is 1. The molecule has 132 valence electrons. The van der Waals surface area contributed by atoms with E-state index in [1.807, 2.05) is 68.4 Å². The van der Waals surface area contributed by atoms with Crippen LogP contribution in [0.3, 0.4) is 0 Å². The lowest BCUT2D eigenvalue weighted by molar-refractivity contribution is 0.102. The minimum atomic E-state index is -0.155. The van der Waals surface area contributed by atoms with E-state index in [2.05, 4.69) is 15.6 Å². The van der Waals surface area contributed by atoms with Gasteiger partial charge in [0.15, 0.2) is 0 Å². The van der Waals surface area contributed by atoms with E-state index < -0.39 is 0 Å². The zero-order chi connectivity index (χ0) is 18.4. The molecule has 0 spiro atoms. The van der Waals surface area contributed by atoms with E-state index in [4.69, 9.17) is 4.74 Å². The standard InChI is InChI=1S/C21H21N3O2/c1-3-26-19-10-5-4-9-18(19)24-20-12-11-17(14-22-20)23-21(25)16-8-6-7-15(2)13-16/h4-14H,3H2,1-2H3,(H,22,24)(H,23,25). The molecule has 0 bridgehead atoms. The average Bonchev–Trinajstić information content (AvgIpc) is 2.65. The van der Waals surface area contributed by atoms with Gasteiger partial charge in [-0.15, -0.1) is 0 Å². The third-order valence-corrected chi connectivity index (χ3v) is 3.75. The Balaban J connectivity index is 1.68. The Morgan fingerprint density at radius 2 is 1.92 bits per heavy atom. The molecule has 0 saturated heterocycles. The van der Waals surface area contributed by atoms with E-state index in [9.17, 15) is 4.79 Å². The topological polar surface area (TPSA) is 63.2 Å². The van der Waals surface area contributed by atoms with E-state index in [1.165, 1.54) is 0 Å². The zero-order valence-electron chi connectivity index (χ0n) is 14.8. The molecule has 0 atom stereocenters. The fourth-order valence-electron chi connectivity index (χ4n) is 2.52. The highest BCUT2D eigenvalue weighted by atomic mass is 16.5. The number of pyridine rings is 1. The van der Waals surface area contributed by atoms with Gasteiger partial charge in [-0.2, -0.15) is 0 Å². The number of anilines is 3. The summed E-state index contributed by atoms with van der Waals surface area (Å²) < 4.78 is 5.60. The van der Waals surface area contributed by atoms with Crippen LogP contribution in [-0.2, 0) is 0 Å². The van der Waals surface area contributed by atoms with Crippen molar-refractivity contribution in [3.8, 4) is 5.75 Å². The summed E-state index contributed by atoms with van der Waals surface area (Å²) in [6.07, 6.45) is 1.62. The Morgan fingerprint density at radius 3 is 2.65 bits per heavy atom. The summed E-state index contributed by atoms with van der Waals surface area (Å²) in [7, 11) is 0. The van der Waals surface area contributed by atoms with Gasteiger partial charge in [0.2, 0.25) is 0 Å². The van der Waals surface area contributed by atoms with Crippen LogP contribution in [0, 0.1) is 6.92 Å². The van der Waals surface area contributed by atoms with Crippen LogP contribution in [-0.4, -0.2) is 17.5 Å². The van der Waals surface area contributed by atoms with Crippen LogP contribution >= 0.6 is 0 Å². The van der Waals surface area contributed by atoms with E-state index in [1.54, 1.807) is 12.3 Å². The Morgan fingerprint density at radius 1 is 1.08 bits per heavy atom. The molecule has 0 unspecified atom stereocenters. The summed E-state index contributed by atoms with van der Waals surface area (Å²) in [5.41, 5.74) is 3.15. The van der Waals surface area contributed by atoms with E-state index >= 15 is 0 Å². The highest BCUT2D eigenvalue weighted by Gasteiger charge is 2.07. The molecular weight excluding hydrogens is 326 g/mol. The van der Waals surface area contributed by atoms with Crippen molar-refractivity contribution in [3.05, 3.63) is 78.0 Å². The number of para-hydroxylation sites is 2.